The van der Waals surface area contributed by atoms with Gasteiger partial charge in [-0.25, -0.2) is 0 Å². The zero-order chi connectivity index (χ0) is 17.8. The Bertz CT molecular complexity index is 1100. The number of hydrogen-bond acceptors (Lipinski definition) is 3. The molecule has 1 fully saturated rings. The van der Waals surface area contributed by atoms with E-state index in [1.165, 1.54) is 0 Å². The van der Waals surface area contributed by atoms with Crippen molar-refractivity contribution in [2.75, 3.05) is 0 Å². The lowest BCUT2D eigenvalue weighted by Gasteiger charge is -2.14. The number of phenols is 1. The number of aromatic hydroxyl groups is 1. The average molecular weight is 345 g/mol. The molecule has 1 aliphatic carbocycles. The van der Waals surface area contributed by atoms with E-state index in [0.29, 0.717) is 16.8 Å². The Morgan fingerprint density at radius 1 is 1.04 bits per heavy atom. The largest absolute Gasteiger partial charge is 0.508 e. The molecule has 3 aliphatic rings. The van der Waals surface area contributed by atoms with E-state index in [1.54, 1.807) is 30.5 Å². The molecule has 128 valence electrons. The zero-order valence-corrected chi connectivity index (χ0v) is 13.6. The summed E-state index contributed by atoms with van der Waals surface area (Å²) in [5.41, 5.74) is 3.12. The summed E-state index contributed by atoms with van der Waals surface area (Å²) in [6.07, 6.45) is 11.2. The molecule has 2 unspecified atom stereocenters. The summed E-state index contributed by atoms with van der Waals surface area (Å²) in [6, 6.07) is 4.92. The third-order valence-electron chi connectivity index (χ3n) is 5.04. The Hall–Kier alpha value is -3.54. The number of H-pyrrole nitrogens is 1. The van der Waals surface area contributed by atoms with Crippen LogP contribution in [0.15, 0.2) is 65.9 Å². The van der Waals surface area contributed by atoms with Gasteiger partial charge in [0.05, 0.1) is 17.3 Å². The van der Waals surface area contributed by atoms with Crippen LogP contribution in [0.3, 0.4) is 0 Å². The number of phenolic OH excluding ortho intramolecular Hbond substituents is 1. The number of carbonyl (C=O) groups is 2. The number of benzene rings is 1. The molecule has 0 saturated carbocycles. The van der Waals surface area contributed by atoms with Crippen LogP contribution in [0.1, 0.15) is 5.56 Å². The van der Waals surface area contributed by atoms with Crippen molar-refractivity contribution < 1.29 is 14.7 Å². The first-order valence-electron chi connectivity index (χ1n) is 8.35. The van der Waals surface area contributed by atoms with Crippen molar-refractivity contribution in [3.05, 3.63) is 71.5 Å². The van der Waals surface area contributed by atoms with E-state index in [4.69, 9.17) is 0 Å². The molecule has 1 aromatic carbocycles. The van der Waals surface area contributed by atoms with E-state index in [-0.39, 0.29) is 29.5 Å². The molecule has 2 aliphatic heterocycles. The predicted octanol–water partition coefficient (Wildman–Crippen LogP) is 1.88. The minimum Gasteiger partial charge on any atom is -0.508 e. The molecule has 6 nitrogen and oxygen atoms in total. The van der Waals surface area contributed by atoms with Crippen molar-refractivity contribution in [3.8, 4) is 5.75 Å². The van der Waals surface area contributed by atoms with E-state index >= 15 is 0 Å². The van der Waals surface area contributed by atoms with Crippen LogP contribution in [0.4, 0.5) is 0 Å². The number of hydrogen-bond donors (Lipinski definition) is 4. The quantitative estimate of drug-likeness (QED) is 0.595. The fraction of sp³-hybridized carbons (Fsp3) is 0.100. The summed E-state index contributed by atoms with van der Waals surface area (Å²) in [7, 11) is 0. The Morgan fingerprint density at radius 2 is 1.88 bits per heavy atom. The molecule has 2 aromatic rings. The van der Waals surface area contributed by atoms with Gasteiger partial charge in [-0.2, -0.15) is 0 Å². The van der Waals surface area contributed by atoms with Gasteiger partial charge in [0.15, 0.2) is 0 Å². The van der Waals surface area contributed by atoms with Crippen LogP contribution in [-0.4, -0.2) is 27.9 Å². The van der Waals surface area contributed by atoms with E-state index < -0.39 is 0 Å². The van der Waals surface area contributed by atoms with Crippen LogP contribution in [0, 0.1) is 5.92 Å². The van der Waals surface area contributed by atoms with Gasteiger partial charge >= 0.3 is 0 Å². The third kappa shape index (κ3) is 2.05. The predicted molar refractivity (Wildman–Crippen MR) is 96.8 cm³/mol. The van der Waals surface area contributed by atoms with Crippen LogP contribution < -0.4 is 10.6 Å². The van der Waals surface area contributed by atoms with Crippen LogP contribution in [0.5, 0.6) is 5.75 Å². The molecule has 0 bridgehead atoms. The van der Waals surface area contributed by atoms with Crippen LogP contribution in [0.2, 0.25) is 0 Å². The fourth-order valence-corrected chi connectivity index (χ4v) is 3.82. The van der Waals surface area contributed by atoms with Crippen LogP contribution >= 0.6 is 0 Å². The van der Waals surface area contributed by atoms with Crippen molar-refractivity contribution in [2.24, 2.45) is 5.92 Å². The lowest BCUT2D eigenvalue weighted by atomic mass is 9.89. The monoisotopic (exact) mass is 345 g/mol. The average Bonchev–Trinajstić information content (AvgIpc) is 3.28. The molecule has 4 N–H and O–H groups in total. The van der Waals surface area contributed by atoms with Crippen LogP contribution in [-0.2, 0) is 9.59 Å². The highest BCUT2D eigenvalue weighted by atomic mass is 16.3. The van der Waals surface area contributed by atoms with E-state index in [2.05, 4.69) is 15.6 Å². The summed E-state index contributed by atoms with van der Waals surface area (Å²) in [6.45, 7) is 0. The lowest BCUT2D eigenvalue weighted by molar-refractivity contribution is -0.118. The van der Waals surface area contributed by atoms with Crippen molar-refractivity contribution in [3.63, 3.8) is 0 Å². The number of allylic oxidation sites excluding steroid dienone is 2. The second kappa shape index (κ2) is 5.23. The van der Waals surface area contributed by atoms with Gasteiger partial charge in [0.1, 0.15) is 5.75 Å². The van der Waals surface area contributed by atoms with Crippen molar-refractivity contribution >= 4 is 28.4 Å². The standard InChI is InChI=1S/C20H15N3O3/c24-10-5-6-15-12(7-10)14(9-21-15)17-8-13(19(25)23-17)18-11-3-1-2-4-16(11)22-20(18)26/h1-9,11,16,21,24H,(H,22,26)(H,23,25)/b18-13+. The van der Waals surface area contributed by atoms with Crippen molar-refractivity contribution in [1.82, 2.24) is 15.6 Å². The molecule has 5 rings (SSSR count). The number of aromatic nitrogens is 1. The first-order valence-corrected chi connectivity index (χ1v) is 8.35. The first kappa shape index (κ1) is 14.8. The highest BCUT2D eigenvalue weighted by Gasteiger charge is 2.39. The molecular weight excluding hydrogens is 330 g/mol. The minimum absolute atomic E-state index is 0.106. The maximum absolute atomic E-state index is 12.6. The third-order valence-corrected chi connectivity index (χ3v) is 5.04. The Kier molecular flexibility index (Phi) is 2.97. The molecule has 1 aromatic heterocycles. The first-order chi connectivity index (χ1) is 12.6. The highest BCUT2D eigenvalue weighted by Crippen LogP contribution is 2.35. The van der Waals surface area contributed by atoms with Crippen molar-refractivity contribution in [1.29, 1.82) is 0 Å². The normalized spacial score (nSPS) is 26.8. The summed E-state index contributed by atoms with van der Waals surface area (Å²) < 4.78 is 0. The number of carbonyl (C=O) groups excluding carboxylic acids is 2. The molecule has 3 heterocycles. The number of rotatable bonds is 1. The van der Waals surface area contributed by atoms with Gasteiger partial charge in [0.2, 0.25) is 5.91 Å². The van der Waals surface area contributed by atoms with Gasteiger partial charge in [0, 0.05) is 34.2 Å². The van der Waals surface area contributed by atoms with Crippen molar-refractivity contribution in [2.45, 2.75) is 6.04 Å². The zero-order valence-electron chi connectivity index (χ0n) is 13.6. The topological polar surface area (TPSA) is 94.2 Å². The van der Waals surface area contributed by atoms with E-state index in [1.807, 2.05) is 24.3 Å². The van der Waals surface area contributed by atoms with Gasteiger partial charge in [0.25, 0.3) is 5.91 Å². The summed E-state index contributed by atoms with van der Waals surface area (Å²) in [5.74, 6) is -0.492. The summed E-state index contributed by atoms with van der Waals surface area (Å²) >= 11 is 0. The lowest BCUT2D eigenvalue weighted by Crippen LogP contribution is -2.26. The number of amides is 2. The van der Waals surface area contributed by atoms with Crippen LogP contribution in [0.25, 0.3) is 16.6 Å². The summed E-state index contributed by atoms with van der Waals surface area (Å²) in [5, 5.41) is 16.3. The Morgan fingerprint density at radius 3 is 2.77 bits per heavy atom. The molecule has 2 atom stereocenters. The molecule has 0 radical (unpaired) electrons. The second-order valence-electron chi connectivity index (χ2n) is 6.57. The fourth-order valence-electron chi connectivity index (χ4n) is 3.82. The maximum Gasteiger partial charge on any atom is 0.256 e. The second-order valence-corrected chi connectivity index (χ2v) is 6.57. The van der Waals surface area contributed by atoms with E-state index in [0.717, 1.165) is 16.5 Å². The molecular formula is C20H15N3O3. The minimum atomic E-state index is -0.289. The van der Waals surface area contributed by atoms with Gasteiger partial charge in [-0.15, -0.1) is 0 Å². The number of nitrogens with one attached hydrogen (secondary N) is 3. The summed E-state index contributed by atoms with van der Waals surface area (Å²) in [4.78, 5) is 28.2. The molecule has 26 heavy (non-hydrogen) atoms. The number of fused-ring (bicyclic) bond motifs is 2. The van der Waals surface area contributed by atoms with E-state index in [9.17, 15) is 14.7 Å². The molecule has 6 heteroatoms. The number of aromatic amines is 1. The maximum atomic E-state index is 12.6. The molecule has 2 amide bonds. The molecule has 1 saturated heterocycles. The Labute approximate surface area is 148 Å². The van der Waals surface area contributed by atoms with Gasteiger partial charge in [-0.05, 0) is 24.3 Å². The smallest absolute Gasteiger partial charge is 0.256 e. The van der Waals surface area contributed by atoms with Gasteiger partial charge in [-0.1, -0.05) is 24.3 Å². The highest BCUT2D eigenvalue weighted by molar-refractivity contribution is 6.15. The molecule has 0 spiro atoms. The Balaban J connectivity index is 1.64. The SMILES string of the molecule is O=C1NC(c2c[nH]c3ccc(O)cc23)=C/C1=C1\C(=O)NC2C=CC=CC12. The van der Waals surface area contributed by atoms with Gasteiger partial charge < -0.3 is 20.7 Å². The van der Waals surface area contributed by atoms with Gasteiger partial charge in [-0.3, -0.25) is 9.59 Å².